The van der Waals surface area contributed by atoms with Gasteiger partial charge in [0.1, 0.15) is 12.9 Å². The third-order valence-electron chi connectivity index (χ3n) is 1.59. The van der Waals surface area contributed by atoms with Crippen LogP contribution in [0, 0.1) is 0 Å². The van der Waals surface area contributed by atoms with Crippen LogP contribution in [0.2, 0.25) is 0 Å². The molecule has 0 aromatic heterocycles. The summed E-state index contributed by atoms with van der Waals surface area (Å²) in [6.07, 6.45) is 1.58. The van der Waals surface area contributed by atoms with Gasteiger partial charge >= 0.3 is 0 Å². The molecule has 0 fully saturated rings. The van der Waals surface area contributed by atoms with Crippen molar-refractivity contribution in [3.8, 4) is 0 Å². The molecule has 0 atom stereocenters. The number of ether oxygens (including phenoxy) is 2. The fraction of sp³-hybridized carbons (Fsp3) is 0.889. The van der Waals surface area contributed by atoms with Crippen molar-refractivity contribution >= 4 is 6.29 Å². The van der Waals surface area contributed by atoms with Gasteiger partial charge in [-0.05, 0) is 27.2 Å². The monoisotopic (exact) mass is 174 g/mol. The average molecular weight is 174 g/mol. The molecular weight excluding hydrogens is 156 g/mol. The molecule has 0 N–H and O–H groups in total. The van der Waals surface area contributed by atoms with E-state index in [1.807, 2.05) is 20.8 Å². The molecule has 0 aliphatic carbocycles. The molecule has 0 bridgehead atoms. The first-order chi connectivity index (χ1) is 5.62. The molecule has 0 heterocycles. The lowest BCUT2D eigenvalue weighted by Crippen LogP contribution is -2.27. The van der Waals surface area contributed by atoms with Crippen molar-refractivity contribution in [3.05, 3.63) is 0 Å². The molecule has 0 spiro atoms. The third-order valence-corrected chi connectivity index (χ3v) is 1.59. The van der Waals surface area contributed by atoms with Crippen LogP contribution in [0.1, 0.15) is 27.2 Å². The van der Waals surface area contributed by atoms with Crippen molar-refractivity contribution in [1.29, 1.82) is 0 Å². The molecule has 0 aromatic rings. The normalized spacial score (nSPS) is 11.6. The van der Waals surface area contributed by atoms with Gasteiger partial charge in [0.05, 0.1) is 5.60 Å². The Labute approximate surface area is 74.0 Å². The van der Waals surface area contributed by atoms with E-state index in [0.29, 0.717) is 6.61 Å². The summed E-state index contributed by atoms with van der Waals surface area (Å²) < 4.78 is 10.5. The topological polar surface area (TPSA) is 35.5 Å². The lowest BCUT2D eigenvalue weighted by molar-refractivity contribution is -0.118. The molecule has 0 saturated heterocycles. The second kappa shape index (κ2) is 6.14. The Morgan fingerprint density at radius 3 is 2.58 bits per heavy atom. The second-order valence-corrected chi connectivity index (χ2v) is 3.18. The van der Waals surface area contributed by atoms with E-state index in [2.05, 4.69) is 0 Å². The van der Waals surface area contributed by atoms with Crippen molar-refractivity contribution in [2.24, 2.45) is 0 Å². The molecule has 3 heteroatoms. The van der Waals surface area contributed by atoms with Crippen molar-refractivity contribution in [2.45, 2.75) is 32.8 Å². The molecule has 0 aliphatic heterocycles. The fourth-order valence-electron chi connectivity index (χ4n) is 0.794. The van der Waals surface area contributed by atoms with Gasteiger partial charge in [-0.25, -0.2) is 0 Å². The van der Waals surface area contributed by atoms with Gasteiger partial charge in [-0.15, -0.1) is 0 Å². The van der Waals surface area contributed by atoms with Crippen LogP contribution in [0.5, 0.6) is 0 Å². The van der Waals surface area contributed by atoms with Gasteiger partial charge in [0.15, 0.2) is 0 Å². The smallest absolute Gasteiger partial charge is 0.145 e. The molecule has 0 saturated carbocycles. The first-order valence-electron chi connectivity index (χ1n) is 4.27. The average Bonchev–Trinajstić information content (AvgIpc) is 2.01. The number of hydrogen-bond acceptors (Lipinski definition) is 3. The van der Waals surface area contributed by atoms with E-state index in [9.17, 15) is 4.79 Å². The van der Waals surface area contributed by atoms with Crippen molar-refractivity contribution in [3.63, 3.8) is 0 Å². The van der Waals surface area contributed by atoms with E-state index in [0.717, 1.165) is 19.3 Å². The van der Waals surface area contributed by atoms with Gasteiger partial charge in [0.25, 0.3) is 0 Å². The highest BCUT2D eigenvalue weighted by Gasteiger charge is 2.17. The van der Waals surface area contributed by atoms with Crippen LogP contribution < -0.4 is 0 Å². The lowest BCUT2D eigenvalue weighted by Gasteiger charge is -2.23. The quantitative estimate of drug-likeness (QED) is 0.432. The highest BCUT2D eigenvalue weighted by molar-refractivity contribution is 5.50. The number of carbonyl (C=O) groups is 1. The van der Waals surface area contributed by atoms with Crippen LogP contribution in [0.3, 0.4) is 0 Å². The molecule has 0 unspecified atom stereocenters. The summed E-state index contributed by atoms with van der Waals surface area (Å²) in [5.41, 5.74) is -0.254. The second-order valence-electron chi connectivity index (χ2n) is 3.18. The Bertz CT molecular complexity index is 121. The van der Waals surface area contributed by atoms with Gasteiger partial charge < -0.3 is 14.3 Å². The van der Waals surface area contributed by atoms with Gasteiger partial charge in [-0.2, -0.15) is 0 Å². The van der Waals surface area contributed by atoms with E-state index >= 15 is 0 Å². The number of carbonyl (C=O) groups excluding carboxylic acids is 1. The Kier molecular flexibility index (Phi) is 5.93. The summed E-state index contributed by atoms with van der Waals surface area (Å²) in [6.45, 7) is 7.44. The molecule has 0 radical (unpaired) electrons. The maximum atomic E-state index is 10.0. The van der Waals surface area contributed by atoms with Gasteiger partial charge in [0, 0.05) is 13.2 Å². The van der Waals surface area contributed by atoms with Crippen LogP contribution in [0.25, 0.3) is 0 Å². The molecule has 0 rings (SSSR count). The van der Waals surface area contributed by atoms with Gasteiger partial charge in [-0.1, -0.05) is 0 Å². The molecule has 0 amide bonds. The standard InChI is InChI=1S/C9H18O3/c1-4-11-7-5-9(2,3)12-8-6-10/h6H,4-5,7-8H2,1-3H3. The van der Waals surface area contributed by atoms with Crippen LogP contribution in [0.4, 0.5) is 0 Å². The highest BCUT2D eigenvalue weighted by atomic mass is 16.5. The summed E-state index contributed by atoms with van der Waals surface area (Å²) in [5.74, 6) is 0. The van der Waals surface area contributed by atoms with E-state index in [1.165, 1.54) is 0 Å². The maximum Gasteiger partial charge on any atom is 0.145 e. The summed E-state index contributed by atoms with van der Waals surface area (Å²) in [5, 5.41) is 0. The minimum absolute atomic E-state index is 0.166. The molecule has 72 valence electrons. The Balaban J connectivity index is 3.48. The summed E-state index contributed by atoms with van der Waals surface area (Å²) in [6, 6.07) is 0. The summed E-state index contributed by atoms with van der Waals surface area (Å²) in [7, 11) is 0. The van der Waals surface area contributed by atoms with E-state index in [4.69, 9.17) is 9.47 Å². The van der Waals surface area contributed by atoms with Crippen LogP contribution >= 0.6 is 0 Å². The minimum atomic E-state index is -0.254. The summed E-state index contributed by atoms with van der Waals surface area (Å²) in [4.78, 5) is 10.0. The predicted molar refractivity (Wildman–Crippen MR) is 47.2 cm³/mol. The SMILES string of the molecule is CCOCCC(C)(C)OCC=O. The van der Waals surface area contributed by atoms with Crippen molar-refractivity contribution in [2.75, 3.05) is 19.8 Å². The number of hydrogen-bond donors (Lipinski definition) is 0. The van der Waals surface area contributed by atoms with Crippen LogP contribution in [-0.4, -0.2) is 31.7 Å². The van der Waals surface area contributed by atoms with Crippen LogP contribution in [0.15, 0.2) is 0 Å². The molecule has 12 heavy (non-hydrogen) atoms. The maximum absolute atomic E-state index is 10.0. The Morgan fingerprint density at radius 2 is 2.08 bits per heavy atom. The zero-order chi connectivity index (χ0) is 9.45. The Morgan fingerprint density at radius 1 is 1.42 bits per heavy atom. The van der Waals surface area contributed by atoms with Crippen molar-refractivity contribution < 1.29 is 14.3 Å². The molecule has 3 nitrogen and oxygen atoms in total. The van der Waals surface area contributed by atoms with E-state index < -0.39 is 0 Å². The first-order valence-corrected chi connectivity index (χ1v) is 4.27. The minimum Gasteiger partial charge on any atom is -0.382 e. The zero-order valence-electron chi connectivity index (χ0n) is 8.13. The number of aldehydes is 1. The largest absolute Gasteiger partial charge is 0.382 e. The van der Waals surface area contributed by atoms with E-state index in [1.54, 1.807) is 0 Å². The van der Waals surface area contributed by atoms with Crippen LogP contribution in [-0.2, 0) is 14.3 Å². The van der Waals surface area contributed by atoms with Gasteiger partial charge in [0.2, 0.25) is 0 Å². The fourth-order valence-corrected chi connectivity index (χ4v) is 0.794. The lowest BCUT2D eigenvalue weighted by atomic mass is 10.1. The summed E-state index contributed by atoms with van der Waals surface area (Å²) >= 11 is 0. The zero-order valence-corrected chi connectivity index (χ0v) is 8.13. The predicted octanol–water partition coefficient (Wildman–Crippen LogP) is 1.41. The third kappa shape index (κ3) is 6.31. The molecule has 0 aromatic carbocycles. The van der Waals surface area contributed by atoms with E-state index in [-0.39, 0.29) is 12.2 Å². The molecule has 0 aliphatic rings. The molecular formula is C9H18O3. The van der Waals surface area contributed by atoms with Gasteiger partial charge in [-0.3, -0.25) is 0 Å². The van der Waals surface area contributed by atoms with Crippen molar-refractivity contribution in [1.82, 2.24) is 0 Å². The number of rotatable bonds is 7. The highest BCUT2D eigenvalue weighted by Crippen LogP contribution is 2.13. The Hall–Kier alpha value is -0.410. The first kappa shape index (κ1) is 11.6.